The van der Waals surface area contributed by atoms with Crippen molar-refractivity contribution >= 4 is 29.0 Å². The van der Waals surface area contributed by atoms with E-state index in [0.29, 0.717) is 5.56 Å². The fraction of sp³-hybridized carbons (Fsp3) is 0.400. The van der Waals surface area contributed by atoms with Crippen LogP contribution in [0.5, 0.6) is 0 Å². The first-order valence-corrected chi connectivity index (χ1v) is 7.51. The van der Waals surface area contributed by atoms with Gasteiger partial charge in [0.1, 0.15) is 6.04 Å². The fourth-order valence-corrected chi connectivity index (χ4v) is 2.27. The minimum absolute atomic E-state index is 0.351. The third-order valence-electron chi connectivity index (χ3n) is 2.93. The molecule has 7 nitrogen and oxygen atoms in total. The molecule has 1 rings (SSSR count). The summed E-state index contributed by atoms with van der Waals surface area (Å²) in [7, 11) is 1.21. The van der Waals surface area contributed by atoms with E-state index in [2.05, 4.69) is 4.74 Å². The minimum Gasteiger partial charge on any atom is -0.468 e. The maximum absolute atomic E-state index is 11.7. The van der Waals surface area contributed by atoms with Crippen molar-refractivity contribution in [3.8, 4) is 0 Å². The summed E-state index contributed by atoms with van der Waals surface area (Å²) >= 11 is 0.723. The van der Waals surface area contributed by atoms with Crippen LogP contribution >= 0.6 is 11.8 Å². The Morgan fingerprint density at radius 2 is 1.78 bits per heavy atom. The zero-order chi connectivity index (χ0) is 17.5. The maximum atomic E-state index is 11.7. The van der Waals surface area contributed by atoms with Crippen LogP contribution in [-0.4, -0.2) is 41.9 Å². The van der Waals surface area contributed by atoms with Gasteiger partial charge in [-0.3, -0.25) is 4.79 Å². The van der Waals surface area contributed by atoms with Gasteiger partial charge in [0.15, 0.2) is 0 Å². The number of rotatable bonds is 6. The van der Waals surface area contributed by atoms with Crippen LogP contribution in [0.25, 0.3) is 0 Å². The van der Waals surface area contributed by atoms with Gasteiger partial charge < -0.3 is 19.9 Å². The van der Waals surface area contributed by atoms with E-state index in [4.69, 9.17) is 15.2 Å². The Hall–Kier alpha value is -2.06. The van der Waals surface area contributed by atoms with Crippen LogP contribution in [0.3, 0.4) is 0 Å². The Balaban J connectivity index is 2.42. The highest BCUT2D eigenvalue weighted by molar-refractivity contribution is 8.14. The number of hydrogen-bond acceptors (Lipinski definition) is 8. The Labute approximate surface area is 138 Å². The smallest absolute Gasteiger partial charge is 0.370 e. The van der Waals surface area contributed by atoms with E-state index in [9.17, 15) is 14.4 Å². The van der Waals surface area contributed by atoms with Gasteiger partial charge in [0.05, 0.1) is 12.7 Å². The Morgan fingerprint density at radius 1 is 1.17 bits per heavy atom. The van der Waals surface area contributed by atoms with Gasteiger partial charge >= 0.3 is 17.2 Å². The molecule has 0 heterocycles. The first kappa shape index (κ1) is 19.0. The third-order valence-corrected chi connectivity index (χ3v) is 3.99. The molecule has 0 amide bonds. The maximum Gasteiger partial charge on any atom is 0.370 e. The molecule has 2 N–H and O–H groups in total. The van der Waals surface area contributed by atoms with Gasteiger partial charge in [-0.2, -0.15) is 0 Å². The molecule has 0 aliphatic heterocycles. The average Bonchev–Trinajstić information content (AvgIpc) is 2.53. The molecule has 1 aromatic rings. The van der Waals surface area contributed by atoms with Crippen LogP contribution < -0.4 is 5.73 Å². The molecule has 0 saturated carbocycles. The molecule has 126 valence electrons. The molecule has 0 aliphatic rings. The summed E-state index contributed by atoms with van der Waals surface area (Å²) in [4.78, 5) is 34.8. The highest BCUT2D eigenvalue weighted by atomic mass is 32.2. The zero-order valence-corrected chi connectivity index (χ0v) is 13.9. The summed E-state index contributed by atoms with van der Waals surface area (Å²) in [6, 6.07) is 7.30. The average molecular weight is 341 g/mol. The zero-order valence-electron chi connectivity index (χ0n) is 13.1. The lowest BCUT2D eigenvalue weighted by molar-refractivity contribution is -0.142. The van der Waals surface area contributed by atoms with Crippen LogP contribution in [-0.2, 0) is 19.0 Å². The van der Waals surface area contributed by atoms with Crippen LogP contribution in [0.4, 0.5) is 4.79 Å². The van der Waals surface area contributed by atoms with Gasteiger partial charge in [-0.05, 0) is 37.7 Å². The Bertz CT molecular complexity index is 560. The Kier molecular flexibility index (Phi) is 7.05. The normalized spacial score (nSPS) is 12.2. The van der Waals surface area contributed by atoms with Crippen molar-refractivity contribution in [2.75, 3.05) is 13.9 Å². The number of benzene rings is 1. The lowest BCUT2D eigenvalue weighted by atomic mass is 10.1. The number of ether oxygens (including phenoxy) is 3. The number of esters is 2. The second-order valence-corrected chi connectivity index (χ2v) is 6.61. The summed E-state index contributed by atoms with van der Waals surface area (Å²) in [5, 5.41) is -0.713. The van der Waals surface area contributed by atoms with Crippen LogP contribution in [0, 0.1) is 0 Å². The summed E-state index contributed by atoms with van der Waals surface area (Å²) in [5.74, 6) is -1.24. The van der Waals surface area contributed by atoms with Crippen molar-refractivity contribution < 1.29 is 28.6 Å². The second-order valence-electron chi connectivity index (χ2n) is 5.02. The molecule has 0 fully saturated rings. The van der Waals surface area contributed by atoms with E-state index in [0.717, 1.165) is 11.8 Å². The van der Waals surface area contributed by atoms with E-state index in [1.807, 2.05) is 0 Å². The standard InChI is InChI=1S/C15H19NO6S/c1-15(2,11(16)13(18)20-3)23-14(19)22-9-21-12(17)10-7-5-4-6-8-10/h4-8,11H,9,16H2,1-3H3/t11-/m0/s1. The molecule has 8 heteroatoms. The van der Waals surface area contributed by atoms with Gasteiger partial charge in [0, 0.05) is 4.75 Å². The van der Waals surface area contributed by atoms with Gasteiger partial charge in [-0.25, -0.2) is 9.59 Å². The topological polar surface area (TPSA) is 105 Å². The van der Waals surface area contributed by atoms with Crippen LogP contribution in [0.15, 0.2) is 30.3 Å². The van der Waals surface area contributed by atoms with Gasteiger partial charge in [-0.15, -0.1) is 0 Å². The van der Waals surface area contributed by atoms with Crippen molar-refractivity contribution in [1.82, 2.24) is 0 Å². The van der Waals surface area contributed by atoms with Crippen molar-refractivity contribution in [3.63, 3.8) is 0 Å². The summed E-state index contributed by atoms with van der Waals surface area (Å²) in [6.45, 7) is 2.69. The van der Waals surface area contributed by atoms with Crippen LogP contribution in [0.1, 0.15) is 24.2 Å². The second kappa shape index (κ2) is 8.54. The summed E-state index contributed by atoms with van der Waals surface area (Å²) in [5.41, 5.74) is 6.07. The minimum atomic E-state index is -1.00. The summed E-state index contributed by atoms with van der Waals surface area (Å²) < 4.78 is 13.2. The highest BCUT2D eigenvalue weighted by Crippen LogP contribution is 2.29. The predicted octanol–water partition coefficient (Wildman–Crippen LogP) is 1.95. The molecule has 1 atom stereocenters. The summed E-state index contributed by atoms with van der Waals surface area (Å²) in [6.07, 6.45) is 0. The number of nitrogens with two attached hydrogens (primary N) is 1. The molecule has 0 aromatic heterocycles. The molecule has 0 unspecified atom stereocenters. The number of hydrogen-bond donors (Lipinski definition) is 1. The van der Waals surface area contributed by atoms with Crippen molar-refractivity contribution in [1.29, 1.82) is 0 Å². The molecule has 23 heavy (non-hydrogen) atoms. The molecule has 0 bridgehead atoms. The Morgan fingerprint density at radius 3 is 2.35 bits per heavy atom. The molecule has 0 saturated heterocycles. The SMILES string of the molecule is COC(=O)[C@H](N)C(C)(C)SC(=O)OCOC(=O)c1ccccc1. The third kappa shape index (κ3) is 5.91. The number of carbonyl (C=O) groups is 3. The van der Waals surface area contributed by atoms with E-state index < -0.39 is 34.8 Å². The predicted molar refractivity (Wildman–Crippen MR) is 84.9 cm³/mol. The van der Waals surface area contributed by atoms with E-state index in [1.54, 1.807) is 44.2 Å². The van der Waals surface area contributed by atoms with Gasteiger partial charge in [0.2, 0.25) is 6.79 Å². The molecular formula is C15H19NO6S. The fourth-order valence-electron chi connectivity index (χ4n) is 1.51. The first-order valence-electron chi connectivity index (χ1n) is 6.69. The highest BCUT2D eigenvalue weighted by Gasteiger charge is 2.36. The quantitative estimate of drug-likeness (QED) is 0.618. The number of carbonyl (C=O) groups excluding carboxylic acids is 3. The van der Waals surface area contributed by atoms with E-state index in [1.165, 1.54) is 7.11 Å². The van der Waals surface area contributed by atoms with Crippen molar-refractivity contribution in [2.24, 2.45) is 5.73 Å². The van der Waals surface area contributed by atoms with Crippen molar-refractivity contribution in [2.45, 2.75) is 24.6 Å². The van der Waals surface area contributed by atoms with Gasteiger partial charge in [-0.1, -0.05) is 18.2 Å². The molecule has 0 spiro atoms. The lowest BCUT2D eigenvalue weighted by Crippen LogP contribution is -2.48. The largest absolute Gasteiger partial charge is 0.468 e. The number of methoxy groups -OCH3 is 1. The first-order chi connectivity index (χ1) is 10.8. The molecule has 0 aliphatic carbocycles. The molecule has 0 radical (unpaired) electrons. The monoisotopic (exact) mass is 341 g/mol. The van der Waals surface area contributed by atoms with E-state index >= 15 is 0 Å². The van der Waals surface area contributed by atoms with Crippen molar-refractivity contribution in [3.05, 3.63) is 35.9 Å². The van der Waals surface area contributed by atoms with Gasteiger partial charge in [0.25, 0.3) is 0 Å². The van der Waals surface area contributed by atoms with Crippen LogP contribution in [0.2, 0.25) is 0 Å². The number of thioether (sulfide) groups is 1. The van der Waals surface area contributed by atoms with E-state index in [-0.39, 0.29) is 0 Å². The molecular weight excluding hydrogens is 322 g/mol. The molecule has 1 aromatic carbocycles. The lowest BCUT2D eigenvalue weighted by Gasteiger charge is -2.27.